The first-order chi connectivity index (χ1) is 9.65. The number of anilines is 1. The van der Waals surface area contributed by atoms with Gasteiger partial charge in [0.15, 0.2) is 0 Å². The maximum atomic E-state index is 11.5. The van der Waals surface area contributed by atoms with Crippen LogP contribution in [0.1, 0.15) is 25.6 Å². The Labute approximate surface area is 118 Å². The molecule has 2 rings (SSSR count). The minimum atomic E-state index is -0.143. The van der Waals surface area contributed by atoms with Gasteiger partial charge in [0.1, 0.15) is 24.0 Å². The SMILES string of the molecule is CC(C)c1nc(NCCOc2ccccc2)cc(=O)[nH]1. The van der Waals surface area contributed by atoms with Crippen LogP contribution in [0.4, 0.5) is 5.82 Å². The predicted octanol–water partition coefficient (Wildman–Crippen LogP) is 2.38. The number of aromatic amines is 1. The van der Waals surface area contributed by atoms with Crippen molar-refractivity contribution in [3.63, 3.8) is 0 Å². The fourth-order valence-corrected chi connectivity index (χ4v) is 1.71. The Hall–Kier alpha value is -2.30. The van der Waals surface area contributed by atoms with E-state index in [0.717, 1.165) is 5.75 Å². The minimum Gasteiger partial charge on any atom is -0.492 e. The Morgan fingerprint density at radius 2 is 2.05 bits per heavy atom. The molecule has 0 unspecified atom stereocenters. The van der Waals surface area contributed by atoms with Crippen LogP contribution in [0.5, 0.6) is 5.75 Å². The summed E-state index contributed by atoms with van der Waals surface area (Å²) in [6, 6.07) is 11.1. The Morgan fingerprint density at radius 1 is 1.30 bits per heavy atom. The van der Waals surface area contributed by atoms with Crippen LogP contribution in [0.25, 0.3) is 0 Å². The van der Waals surface area contributed by atoms with E-state index >= 15 is 0 Å². The van der Waals surface area contributed by atoms with Crippen molar-refractivity contribution in [1.29, 1.82) is 0 Å². The summed E-state index contributed by atoms with van der Waals surface area (Å²) in [5.74, 6) is 2.28. The van der Waals surface area contributed by atoms with Gasteiger partial charge in [-0.2, -0.15) is 0 Å². The molecule has 2 N–H and O–H groups in total. The summed E-state index contributed by atoms with van der Waals surface area (Å²) < 4.78 is 5.56. The Balaban J connectivity index is 1.86. The first-order valence-corrected chi connectivity index (χ1v) is 6.68. The van der Waals surface area contributed by atoms with Crippen LogP contribution < -0.4 is 15.6 Å². The fourth-order valence-electron chi connectivity index (χ4n) is 1.71. The zero-order valence-electron chi connectivity index (χ0n) is 11.7. The van der Waals surface area contributed by atoms with Gasteiger partial charge in [0.25, 0.3) is 5.56 Å². The first kappa shape index (κ1) is 14.1. The van der Waals surface area contributed by atoms with Crippen molar-refractivity contribution in [3.05, 3.63) is 52.6 Å². The second-order valence-electron chi connectivity index (χ2n) is 4.76. The van der Waals surface area contributed by atoms with Gasteiger partial charge in [-0.1, -0.05) is 32.0 Å². The molecule has 1 aromatic carbocycles. The number of benzene rings is 1. The number of hydrogen-bond donors (Lipinski definition) is 2. The number of nitrogens with zero attached hydrogens (tertiary/aromatic N) is 1. The highest BCUT2D eigenvalue weighted by molar-refractivity contribution is 5.33. The molecule has 0 radical (unpaired) electrons. The van der Waals surface area contributed by atoms with Crippen molar-refractivity contribution in [3.8, 4) is 5.75 Å². The number of aromatic nitrogens is 2. The molecule has 0 fully saturated rings. The molecule has 0 bridgehead atoms. The van der Waals surface area contributed by atoms with Gasteiger partial charge in [0.2, 0.25) is 0 Å². The molecule has 0 atom stereocenters. The lowest BCUT2D eigenvalue weighted by Crippen LogP contribution is -2.17. The number of H-pyrrole nitrogens is 1. The van der Waals surface area contributed by atoms with Crippen molar-refractivity contribution in [1.82, 2.24) is 9.97 Å². The smallest absolute Gasteiger partial charge is 0.252 e. The quantitative estimate of drug-likeness (QED) is 0.793. The summed E-state index contributed by atoms with van der Waals surface area (Å²) in [5, 5.41) is 3.09. The van der Waals surface area contributed by atoms with Crippen LogP contribution in [-0.2, 0) is 0 Å². The fraction of sp³-hybridized carbons (Fsp3) is 0.333. The van der Waals surface area contributed by atoms with E-state index in [1.165, 1.54) is 6.07 Å². The highest BCUT2D eigenvalue weighted by Crippen LogP contribution is 2.10. The number of hydrogen-bond acceptors (Lipinski definition) is 4. The molecular weight excluding hydrogens is 254 g/mol. The third kappa shape index (κ3) is 4.12. The van der Waals surface area contributed by atoms with Crippen molar-refractivity contribution in [2.24, 2.45) is 0 Å². The molecule has 1 aromatic heterocycles. The van der Waals surface area contributed by atoms with E-state index in [0.29, 0.717) is 24.8 Å². The zero-order valence-corrected chi connectivity index (χ0v) is 11.7. The van der Waals surface area contributed by atoms with Gasteiger partial charge in [0.05, 0.1) is 6.54 Å². The van der Waals surface area contributed by atoms with Gasteiger partial charge in [-0.15, -0.1) is 0 Å². The van der Waals surface area contributed by atoms with Gasteiger partial charge >= 0.3 is 0 Å². The van der Waals surface area contributed by atoms with E-state index in [2.05, 4.69) is 15.3 Å². The normalized spacial score (nSPS) is 10.6. The third-order valence-corrected chi connectivity index (χ3v) is 2.73. The topological polar surface area (TPSA) is 67.0 Å². The van der Waals surface area contributed by atoms with Gasteiger partial charge < -0.3 is 15.0 Å². The van der Waals surface area contributed by atoms with E-state index in [4.69, 9.17) is 4.74 Å². The van der Waals surface area contributed by atoms with E-state index in [9.17, 15) is 4.79 Å². The lowest BCUT2D eigenvalue weighted by atomic mass is 10.2. The maximum Gasteiger partial charge on any atom is 0.252 e. The summed E-state index contributed by atoms with van der Waals surface area (Å²) in [6.45, 7) is 5.07. The van der Waals surface area contributed by atoms with E-state index in [1.54, 1.807) is 0 Å². The molecule has 0 saturated carbocycles. The molecule has 2 aromatic rings. The molecule has 0 saturated heterocycles. The standard InChI is InChI=1S/C15H19N3O2/c1-11(2)15-17-13(10-14(19)18-15)16-8-9-20-12-6-4-3-5-7-12/h3-7,10-11H,8-9H2,1-2H3,(H2,16,17,18,19). The Bertz CT molecular complexity index is 594. The number of rotatable bonds is 6. The molecule has 106 valence electrons. The lowest BCUT2D eigenvalue weighted by molar-refractivity contribution is 0.332. The molecular formula is C15H19N3O2. The van der Waals surface area contributed by atoms with Gasteiger partial charge in [0, 0.05) is 12.0 Å². The average molecular weight is 273 g/mol. The highest BCUT2D eigenvalue weighted by Gasteiger charge is 2.04. The minimum absolute atomic E-state index is 0.143. The molecule has 0 aliphatic carbocycles. The van der Waals surface area contributed by atoms with Crippen LogP contribution >= 0.6 is 0 Å². The van der Waals surface area contributed by atoms with E-state index in [1.807, 2.05) is 44.2 Å². The molecule has 0 amide bonds. The van der Waals surface area contributed by atoms with Crippen LogP contribution in [0.3, 0.4) is 0 Å². The van der Waals surface area contributed by atoms with Crippen LogP contribution in [-0.4, -0.2) is 23.1 Å². The monoisotopic (exact) mass is 273 g/mol. The van der Waals surface area contributed by atoms with Crippen molar-refractivity contribution in [2.75, 3.05) is 18.5 Å². The van der Waals surface area contributed by atoms with Crippen molar-refractivity contribution >= 4 is 5.82 Å². The van der Waals surface area contributed by atoms with Crippen LogP contribution in [0.15, 0.2) is 41.2 Å². The molecule has 1 heterocycles. The lowest BCUT2D eigenvalue weighted by Gasteiger charge is -2.10. The molecule has 0 aliphatic rings. The summed E-state index contributed by atoms with van der Waals surface area (Å²) in [7, 11) is 0. The van der Waals surface area contributed by atoms with E-state index < -0.39 is 0 Å². The van der Waals surface area contributed by atoms with Crippen molar-refractivity contribution < 1.29 is 4.74 Å². The molecule has 5 heteroatoms. The van der Waals surface area contributed by atoms with Crippen LogP contribution in [0.2, 0.25) is 0 Å². The average Bonchev–Trinajstić information content (AvgIpc) is 2.44. The highest BCUT2D eigenvalue weighted by atomic mass is 16.5. The Kier molecular flexibility index (Phi) is 4.76. The number of ether oxygens (including phenoxy) is 1. The largest absolute Gasteiger partial charge is 0.492 e. The van der Waals surface area contributed by atoms with Gasteiger partial charge in [-0.3, -0.25) is 4.79 Å². The molecule has 5 nitrogen and oxygen atoms in total. The molecule has 0 aliphatic heterocycles. The second kappa shape index (κ2) is 6.75. The van der Waals surface area contributed by atoms with Crippen LogP contribution in [0, 0.1) is 0 Å². The predicted molar refractivity (Wildman–Crippen MR) is 79.4 cm³/mol. The maximum absolute atomic E-state index is 11.5. The zero-order chi connectivity index (χ0) is 14.4. The van der Waals surface area contributed by atoms with Gasteiger partial charge in [-0.05, 0) is 12.1 Å². The number of nitrogens with one attached hydrogen (secondary N) is 2. The van der Waals surface area contributed by atoms with Gasteiger partial charge in [-0.25, -0.2) is 4.98 Å². The third-order valence-electron chi connectivity index (χ3n) is 2.73. The van der Waals surface area contributed by atoms with Crippen molar-refractivity contribution in [2.45, 2.75) is 19.8 Å². The van der Waals surface area contributed by atoms with E-state index in [-0.39, 0.29) is 11.5 Å². The number of para-hydroxylation sites is 1. The summed E-state index contributed by atoms with van der Waals surface area (Å²) in [5.41, 5.74) is -0.143. The second-order valence-corrected chi connectivity index (χ2v) is 4.76. The summed E-state index contributed by atoms with van der Waals surface area (Å²) in [6.07, 6.45) is 0. The molecule has 0 spiro atoms. The summed E-state index contributed by atoms with van der Waals surface area (Å²) in [4.78, 5) is 18.6. The molecule has 20 heavy (non-hydrogen) atoms. The first-order valence-electron chi connectivity index (χ1n) is 6.68. The summed E-state index contributed by atoms with van der Waals surface area (Å²) >= 11 is 0. The Morgan fingerprint density at radius 3 is 2.75 bits per heavy atom.